The lowest BCUT2D eigenvalue weighted by molar-refractivity contribution is 0.640. The molecule has 0 bridgehead atoms. The first kappa shape index (κ1) is 21.9. The van der Waals surface area contributed by atoms with E-state index < -0.39 is 0 Å². The van der Waals surface area contributed by atoms with Crippen LogP contribution in [0, 0.1) is 0 Å². The first-order valence-electron chi connectivity index (χ1n) is 8.51. The zero-order chi connectivity index (χ0) is 15.8. The summed E-state index contributed by atoms with van der Waals surface area (Å²) in [5.41, 5.74) is 3.01. The van der Waals surface area contributed by atoms with E-state index in [1.807, 2.05) is 27.7 Å². The van der Waals surface area contributed by atoms with E-state index >= 15 is 0 Å². The van der Waals surface area contributed by atoms with Crippen LogP contribution in [0.15, 0.2) is 24.3 Å². The van der Waals surface area contributed by atoms with Crippen molar-refractivity contribution in [2.45, 2.75) is 79.6 Å². The highest BCUT2D eigenvalue weighted by Crippen LogP contribution is 2.24. The second-order valence-corrected chi connectivity index (χ2v) is 4.89. The minimum atomic E-state index is 0.741. The molecule has 1 rings (SSSR count). The number of rotatable bonds is 7. The summed E-state index contributed by atoms with van der Waals surface area (Å²) in [6.45, 7) is 12.6. The predicted molar refractivity (Wildman–Crippen MR) is 99.3 cm³/mol. The molecule has 0 atom stereocenters. The van der Waals surface area contributed by atoms with E-state index in [2.05, 4.69) is 50.7 Å². The van der Waals surface area contributed by atoms with Crippen LogP contribution in [0.5, 0.6) is 0 Å². The zero-order valence-electron chi connectivity index (χ0n) is 14.6. The van der Waals surface area contributed by atoms with Crippen molar-refractivity contribution < 1.29 is 0 Å². The van der Waals surface area contributed by atoms with E-state index in [1.54, 1.807) is 0 Å². The van der Waals surface area contributed by atoms with Gasteiger partial charge in [-0.05, 0) is 54.9 Å². The van der Waals surface area contributed by atoms with Crippen LogP contribution in [-0.4, -0.2) is 5.75 Å². The molecule has 0 radical (unpaired) electrons. The van der Waals surface area contributed by atoms with Crippen LogP contribution in [-0.2, 0) is 6.42 Å². The standard InChI is InChI=1S/C15H24S.2C2H6/c1-3-14(4-2)15-10-7-9-13(12-15)8-5-6-11-16;2*1-2/h7,9-10,12,14,16H,3-6,8,11H2,1-2H3;2*1-2H3. The summed E-state index contributed by atoms with van der Waals surface area (Å²) in [4.78, 5) is 0. The van der Waals surface area contributed by atoms with Gasteiger partial charge in [0.25, 0.3) is 0 Å². The third kappa shape index (κ3) is 9.47. The van der Waals surface area contributed by atoms with Gasteiger partial charge < -0.3 is 0 Å². The molecule has 0 amide bonds. The van der Waals surface area contributed by atoms with Gasteiger partial charge in [0, 0.05) is 0 Å². The summed E-state index contributed by atoms with van der Waals surface area (Å²) < 4.78 is 0. The fourth-order valence-corrected chi connectivity index (χ4v) is 2.43. The van der Waals surface area contributed by atoms with Crippen LogP contribution in [0.25, 0.3) is 0 Å². The predicted octanol–water partition coefficient (Wildman–Crippen LogP) is 6.90. The van der Waals surface area contributed by atoms with E-state index in [-0.39, 0.29) is 0 Å². The van der Waals surface area contributed by atoms with Crippen LogP contribution in [0.4, 0.5) is 0 Å². The van der Waals surface area contributed by atoms with Gasteiger partial charge in [0.05, 0.1) is 0 Å². The monoisotopic (exact) mass is 296 g/mol. The van der Waals surface area contributed by atoms with E-state index in [1.165, 1.54) is 43.2 Å². The van der Waals surface area contributed by atoms with Crippen molar-refractivity contribution in [2.24, 2.45) is 0 Å². The van der Waals surface area contributed by atoms with Gasteiger partial charge >= 0.3 is 0 Å². The number of aryl methyl sites for hydroxylation is 1. The molecular weight excluding hydrogens is 260 g/mol. The molecule has 0 N–H and O–H groups in total. The SMILES string of the molecule is CC.CC.CCC(CC)c1cccc(CCCCS)c1. The molecule has 1 heteroatoms. The Morgan fingerprint density at radius 3 is 2.05 bits per heavy atom. The summed E-state index contributed by atoms with van der Waals surface area (Å²) in [5.74, 6) is 1.75. The van der Waals surface area contributed by atoms with E-state index in [4.69, 9.17) is 0 Å². The summed E-state index contributed by atoms with van der Waals surface area (Å²) in [7, 11) is 0. The van der Waals surface area contributed by atoms with E-state index in [0.717, 1.165) is 11.7 Å². The largest absolute Gasteiger partial charge is 0.179 e. The Morgan fingerprint density at radius 2 is 1.55 bits per heavy atom. The van der Waals surface area contributed by atoms with Gasteiger partial charge in [-0.15, -0.1) is 0 Å². The van der Waals surface area contributed by atoms with Crippen molar-refractivity contribution in [2.75, 3.05) is 5.75 Å². The molecule has 1 aromatic rings. The lowest BCUT2D eigenvalue weighted by atomic mass is 9.92. The molecule has 1 aromatic carbocycles. The van der Waals surface area contributed by atoms with Crippen molar-refractivity contribution in [1.82, 2.24) is 0 Å². The van der Waals surface area contributed by atoms with Crippen LogP contribution in [0.3, 0.4) is 0 Å². The molecule has 0 unspecified atom stereocenters. The molecule has 0 saturated carbocycles. The fourth-order valence-electron chi connectivity index (χ4n) is 2.20. The number of benzene rings is 1. The van der Waals surface area contributed by atoms with Gasteiger partial charge in [-0.2, -0.15) is 12.6 Å². The Kier molecular flexibility index (Phi) is 18.2. The quantitative estimate of drug-likeness (QED) is 0.411. The number of hydrogen-bond donors (Lipinski definition) is 1. The summed E-state index contributed by atoms with van der Waals surface area (Å²) in [5, 5.41) is 0. The Balaban J connectivity index is 0. The molecule has 0 spiro atoms. The summed E-state index contributed by atoms with van der Waals surface area (Å²) in [6, 6.07) is 9.14. The van der Waals surface area contributed by atoms with Crippen LogP contribution in [0.2, 0.25) is 0 Å². The fraction of sp³-hybridized carbons (Fsp3) is 0.684. The molecule has 0 aromatic heterocycles. The highest BCUT2D eigenvalue weighted by molar-refractivity contribution is 7.80. The van der Waals surface area contributed by atoms with Gasteiger partial charge in [0.1, 0.15) is 0 Å². The van der Waals surface area contributed by atoms with Crippen molar-refractivity contribution >= 4 is 12.6 Å². The summed E-state index contributed by atoms with van der Waals surface area (Å²) >= 11 is 4.25. The Bertz CT molecular complexity index is 290. The van der Waals surface area contributed by atoms with Crippen LogP contribution in [0.1, 0.15) is 84.3 Å². The molecular formula is C19H36S. The number of unbranched alkanes of at least 4 members (excludes halogenated alkanes) is 1. The zero-order valence-corrected chi connectivity index (χ0v) is 15.5. The van der Waals surface area contributed by atoms with Crippen molar-refractivity contribution in [3.05, 3.63) is 35.4 Å². The van der Waals surface area contributed by atoms with E-state index in [9.17, 15) is 0 Å². The van der Waals surface area contributed by atoms with Crippen LogP contribution < -0.4 is 0 Å². The topological polar surface area (TPSA) is 0 Å². The minimum absolute atomic E-state index is 0.741. The molecule has 0 aliphatic carbocycles. The number of thiol groups is 1. The average Bonchev–Trinajstić information content (AvgIpc) is 2.53. The number of hydrogen-bond acceptors (Lipinski definition) is 1. The third-order valence-corrected chi connectivity index (χ3v) is 3.60. The first-order valence-corrected chi connectivity index (χ1v) is 9.14. The molecule has 0 heterocycles. The van der Waals surface area contributed by atoms with Gasteiger partial charge in [-0.25, -0.2) is 0 Å². The molecule has 20 heavy (non-hydrogen) atoms. The van der Waals surface area contributed by atoms with Crippen molar-refractivity contribution in [3.8, 4) is 0 Å². The minimum Gasteiger partial charge on any atom is -0.179 e. The molecule has 0 aliphatic heterocycles. The third-order valence-electron chi connectivity index (χ3n) is 3.28. The van der Waals surface area contributed by atoms with Gasteiger partial charge in [0.2, 0.25) is 0 Å². The average molecular weight is 297 g/mol. The highest BCUT2D eigenvalue weighted by atomic mass is 32.1. The van der Waals surface area contributed by atoms with Crippen molar-refractivity contribution in [1.29, 1.82) is 0 Å². The van der Waals surface area contributed by atoms with Gasteiger partial charge in [0.15, 0.2) is 0 Å². The first-order chi connectivity index (χ1) is 9.81. The molecule has 0 saturated heterocycles. The van der Waals surface area contributed by atoms with Crippen LogP contribution >= 0.6 is 12.6 Å². The molecule has 118 valence electrons. The Hall–Kier alpha value is -0.430. The lowest BCUT2D eigenvalue weighted by Crippen LogP contribution is -1.97. The van der Waals surface area contributed by atoms with Crippen molar-refractivity contribution in [3.63, 3.8) is 0 Å². The van der Waals surface area contributed by atoms with Gasteiger partial charge in [-0.1, -0.05) is 65.8 Å². The molecule has 0 aliphatic rings. The molecule has 0 fully saturated rings. The maximum Gasteiger partial charge on any atom is -0.00978 e. The Morgan fingerprint density at radius 1 is 0.950 bits per heavy atom. The van der Waals surface area contributed by atoms with Gasteiger partial charge in [-0.3, -0.25) is 0 Å². The second-order valence-electron chi connectivity index (χ2n) is 4.44. The highest BCUT2D eigenvalue weighted by Gasteiger charge is 2.06. The summed E-state index contributed by atoms with van der Waals surface area (Å²) in [6.07, 6.45) is 6.18. The maximum absolute atomic E-state index is 4.25. The second kappa shape index (κ2) is 16.6. The normalized spacial score (nSPS) is 9.40. The lowest BCUT2D eigenvalue weighted by Gasteiger charge is -2.14. The Labute approximate surface area is 133 Å². The molecule has 0 nitrogen and oxygen atoms in total. The maximum atomic E-state index is 4.25. The smallest absolute Gasteiger partial charge is 0.00978 e. The van der Waals surface area contributed by atoms with E-state index in [0.29, 0.717) is 0 Å².